The number of morpholine rings is 1. The minimum absolute atomic E-state index is 0.115. The number of rotatable bonds is 12. The summed E-state index contributed by atoms with van der Waals surface area (Å²) in [4.78, 5) is 15.5. The highest BCUT2D eigenvalue weighted by Gasteiger charge is 2.13. The molecule has 2 atom stereocenters. The van der Waals surface area contributed by atoms with Crippen molar-refractivity contribution in [3.8, 4) is 0 Å². The van der Waals surface area contributed by atoms with Gasteiger partial charge in [0.25, 0.3) is 0 Å². The molecule has 0 spiro atoms. The van der Waals surface area contributed by atoms with E-state index in [-0.39, 0.29) is 19.3 Å². The third-order valence-corrected chi connectivity index (χ3v) is 7.56. The highest BCUT2D eigenvalue weighted by molar-refractivity contribution is 5.78. The molecule has 3 aliphatic rings. The van der Waals surface area contributed by atoms with Gasteiger partial charge in [-0.05, 0) is 96.3 Å². The van der Waals surface area contributed by atoms with Crippen molar-refractivity contribution in [3.05, 3.63) is 0 Å². The maximum Gasteiger partial charge on any atom is 0.132 e. The van der Waals surface area contributed by atoms with Crippen molar-refractivity contribution >= 4 is 5.78 Å². The molecule has 0 aromatic carbocycles. The van der Waals surface area contributed by atoms with Crippen LogP contribution in [0.25, 0.3) is 0 Å². The Morgan fingerprint density at radius 3 is 1.72 bits per heavy atom. The topological polar surface area (TPSA) is 132 Å². The number of hydrogen-bond donors (Lipinski definition) is 4. The number of nitrogens with zero attached hydrogens (tertiary/aromatic N) is 2. The van der Waals surface area contributed by atoms with Crippen molar-refractivity contribution in [3.63, 3.8) is 0 Å². The lowest BCUT2D eigenvalue weighted by atomic mass is 9.90. The zero-order valence-electron chi connectivity index (χ0n) is 32.3. The predicted octanol–water partition coefficient (Wildman–Crippen LogP) is 5.04. The molecule has 1 saturated carbocycles. The largest absolute Gasteiger partial charge is 0.394 e. The Kier molecular flexibility index (Phi) is 41.1. The molecule has 4 N–H and O–H groups in total. The van der Waals surface area contributed by atoms with Gasteiger partial charge in [-0.2, -0.15) is 0 Å². The van der Waals surface area contributed by atoms with Crippen molar-refractivity contribution in [1.82, 2.24) is 9.80 Å². The smallest absolute Gasteiger partial charge is 0.132 e. The van der Waals surface area contributed by atoms with Gasteiger partial charge in [-0.25, -0.2) is 0 Å². The number of carbonyl (C=O) groups is 1. The molecule has 0 aromatic rings. The van der Waals surface area contributed by atoms with Gasteiger partial charge in [0.05, 0.1) is 51.8 Å². The maximum atomic E-state index is 10.6. The molecule has 0 amide bonds. The lowest BCUT2D eigenvalue weighted by Crippen LogP contribution is -2.36. The van der Waals surface area contributed by atoms with Crippen molar-refractivity contribution < 1.29 is 39.4 Å². The van der Waals surface area contributed by atoms with Gasteiger partial charge in [-0.3, -0.25) is 9.69 Å². The van der Waals surface area contributed by atoms with Crippen LogP contribution >= 0.6 is 0 Å². The van der Waals surface area contributed by atoms with E-state index in [1.165, 1.54) is 38.9 Å². The maximum absolute atomic E-state index is 10.6. The monoisotopic (exact) mass is 681 g/mol. The summed E-state index contributed by atoms with van der Waals surface area (Å²) in [5.74, 6) is 2.80. The van der Waals surface area contributed by atoms with Crippen molar-refractivity contribution in [2.75, 3.05) is 92.6 Å². The second kappa shape index (κ2) is 38.1. The minimum Gasteiger partial charge on any atom is -0.394 e. The molecule has 0 aromatic heterocycles. The lowest BCUT2D eigenvalue weighted by Gasteiger charge is -2.26. The Balaban J connectivity index is -0.000000497. The second-order valence-electron chi connectivity index (χ2n) is 13.5. The quantitative estimate of drug-likeness (QED) is 0.208. The number of ether oxygens (including phenoxy) is 3. The van der Waals surface area contributed by atoms with E-state index < -0.39 is 6.10 Å². The van der Waals surface area contributed by atoms with Crippen molar-refractivity contribution in [2.45, 2.75) is 125 Å². The molecule has 2 heterocycles. The van der Waals surface area contributed by atoms with Gasteiger partial charge in [0, 0.05) is 39.1 Å². The molecule has 0 radical (unpaired) electrons. The Bertz CT molecular complexity index is 574. The molecule has 10 heteroatoms. The first-order valence-electron chi connectivity index (χ1n) is 18.6. The SMILES string of the molecule is CC(C)COCC(C)O.CC1CCC(=O)CC1.CC1CCN(C)CC1.CCC(O)CO.CCCN1CCOCC1.CCCOCCO. The van der Waals surface area contributed by atoms with Gasteiger partial charge in [0.2, 0.25) is 0 Å². The minimum atomic E-state index is -0.509. The van der Waals surface area contributed by atoms with Gasteiger partial charge in [-0.1, -0.05) is 48.5 Å². The van der Waals surface area contributed by atoms with Crippen LogP contribution in [0, 0.1) is 17.8 Å². The van der Waals surface area contributed by atoms with E-state index in [1.54, 1.807) is 6.92 Å². The fourth-order valence-electron chi connectivity index (χ4n) is 4.28. The van der Waals surface area contributed by atoms with E-state index in [2.05, 4.69) is 51.5 Å². The third-order valence-electron chi connectivity index (χ3n) is 7.56. The van der Waals surface area contributed by atoms with Crippen LogP contribution in [0.3, 0.4) is 0 Å². The predicted molar refractivity (Wildman–Crippen MR) is 195 cm³/mol. The Labute approximate surface area is 290 Å². The highest BCUT2D eigenvalue weighted by Crippen LogP contribution is 2.19. The second-order valence-corrected chi connectivity index (χ2v) is 13.5. The van der Waals surface area contributed by atoms with E-state index in [9.17, 15) is 4.79 Å². The van der Waals surface area contributed by atoms with Crippen LogP contribution in [-0.4, -0.2) is 141 Å². The molecular formula is C37H80N2O8. The summed E-state index contributed by atoms with van der Waals surface area (Å²) < 4.78 is 15.2. The van der Waals surface area contributed by atoms with Crippen molar-refractivity contribution in [1.29, 1.82) is 0 Å². The Morgan fingerprint density at radius 1 is 0.809 bits per heavy atom. The standard InChI is InChI=1S/C7H15NO.C7H15N.C7H16O2.C7H12O.C5H12O2.C4H10O2/c1-2-3-8-4-6-9-7-5-8;1-7-3-5-8(2)6-4-7;1-6(2)4-9-5-7(3)8;1-6-2-4-7(8)5-3-6;1-2-4-7-5-3-6;1-2-4(6)3-5/h2-7H2,1H3;7H,3-6H2,1-2H3;6-8H,4-5H2,1-3H3;6H,2-5H2,1H3;6H,2-5H2,1H3;4-6H,2-3H2,1H3. The number of aliphatic hydroxyl groups is 4. The number of carbonyl (C=O) groups excluding carboxylic acids is 1. The van der Waals surface area contributed by atoms with E-state index in [0.717, 1.165) is 83.5 Å². The zero-order chi connectivity index (χ0) is 36.3. The number of piperidine rings is 1. The van der Waals surface area contributed by atoms with Gasteiger partial charge < -0.3 is 39.5 Å². The Hall–Kier alpha value is -0.690. The van der Waals surface area contributed by atoms with Crippen LogP contribution in [0.15, 0.2) is 0 Å². The summed E-state index contributed by atoms with van der Waals surface area (Å²) in [5, 5.41) is 33.4. The summed E-state index contributed by atoms with van der Waals surface area (Å²) in [6, 6.07) is 0. The van der Waals surface area contributed by atoms with Crippen LogP contribution < -0.4 is 0 Å². The lowest BCUT2D eigenvalue weighted by molar-refractivity contribution is -0.120. The molecule has 286 valence electrons. The summed E-state index contributed by atoms with van der Waals surface area (Å²) >= 11 is 0. The summed E-state index contributed by atoms with van der Waals surface area (Å²) in [6.07, 6.45) is 8.80. The van der Waals surface area contributed by atoms with Gasteiger partial charge in [0.15, 0.2) is 0 Å². The van der Waals surface area contributed by atoms with Gasteiger partial charge >= 0.3 is 0 Å². The summed E-state index contributed by atoms with van der Waals surface area (Å²) in [6.45, 7) is 27.0. The highest BCUT2D eigenvalue weighted by atomic mass is 16.5. The first kappa shape index (κ1) is 50.7. The number of likely N-dealkylation sites (tertiary alicyclic amines) is 1. The van der Waals surface area contributed by atoms with E-state index in [0.29, 0.717) is 31.3 Å². The van der Waals surface area contributed by atoms with Crippen LogP contribution in [0.1, 0.15) is 113 Å². The summed E-state index contributed by atoms with van der Waals surface area (Å²) in [7, 11) is 2.20. The molecule has 3 rings (SSSR count). The molecule has 2 aliphatic heterocycles. The first-order valence-corrected chi connectivity index (χ1v) is 18.6. The van der Waals surface area contributed by atoms with E-state index >= 15 is 0 Å². The van der Waals surface area contributed by atoms with E-state index in [4.69, 9.17) is 34.6 Å². The average molecular weight is 681 g/mol. The van der Waals surface area contributed by atoms with Crippen molar-refractivity contribution in [2.24, 2.45) is 17.8 Å². The van der Waals surface area contributed by atoms with Crippen LogP contribution in [-0.2, 0) is 19.0 Å². The number of ketones is 1. The molecule has 0 bridgehead atoms. The Morgan fingerprint density at radius 2 is 1.36 bits per heavy atom. The average Bonchev–Trinajstić information content (AvgIpc) is 3.05. The number of Topliss-reactive ketones (excluding diaryl/α,β-unsaturated/α-hetero) is 1. The number of hydrogen-bond acceptors (Lipinski definition) is 10. The van der Waals surface area contributed by atoms with E-state index in [1.807, 2.05) is 13.8 Å². The fraction of sp³-hybridized carbons (Fsp3) is 0.973. The van der Waals surface area contributed by atoms with Gasteiger partial charge in [0.1, 0.15) is 5.78 Å². The summed E-state index contributed by atoms with van der Waals surface area (Å²) in [5.41, 5.74) is 0. The molecule has 47 heavy (non-hydrogen) atoms. The molecule has 1 aliphatic carbocycles. The number of aliphatic hydroxyl groups excluding tert-OH is 4. The molecular weight excluding hydrogens is 600 g/mol. The van der Waals surface area contributed by atoms with Crippen LogP contribution in [0.4, 0.5) is 0 Å². The third kappa shape index (κ3) is 43.3. The van der Waals surface area contributed by atoms with Gasteiger partial charge in [-0.15, -0.1) is 0 Å². The zero-order valence-corrected chi connectivity index (χ0v) is 32.3. The first-order chi connectivity index (χ1) is 22.4. The van der Waals surface area contributed by atoms with Crippen LogP contribution in [0.5, 0.6) is 0 Å². The normalized spacial score (nSPS) is 18.8. The molecule has 2 saturated heterocycles. The fourth-order valence-corrected chi connectivity index (χ4v) is 4.28. The molecule has 3 fully saturated rings. The molecule has 2 unspecified atom stereocenters. The molecule has 10 nitrogen and oxygen atoms in total. The van der Waals surface area contributed by atoms with Crippen LogP contribution in [0.2, 0.25) is 0 Å².